The second-order valence-corrected chi connectivity index (χ2v) is 9.46. The summed E-state index contributed by atoms with van der Waals surface area (Å²) in [6, 6.07) is 0. The van der Waals surface area contributed by atoms with Gasteiger partial charge in [-0.05, 0) is 38.1 Å². The lowest BCUT2D eigenvalue weighted by atomic mass is 9.34. The van der Waals surface area contributed by atoms with Gasteiger partial charge >= 0.3 is 0 Å². The van der Waals surface area contributed by atoms with Gasteiger partial charge in [0.15, 0.2) is 0 Å². The van der Waals surface area contributed by atoms with Crippen LogP contribution in [0.5, 0.6) is 0 Å². The lowest BCUT2D eigenvalue weighted by Crippen LogP contribution is -2.61. The fourth-order valence-electron chi connectivity index (χ4n) is 4.55. The highest BCUT2D eigenvalue weighted by Gasteiger charge is 2.51. The number of likely N-dealkylation sites (tertiary alicyclic amines) is 1. The van der Waals surface area contributed by atoms with Crippen LogP contribution in [0.25, 0.3) is 0 Å². The third-order valence-electron chi connectivity index (χ3n) is 7.08. The molecule has 1 heterocycles. The summed E-state index contributed by atoms with van der Waals surface area (Å²) in [6.07, 6.45) is 15.3. The zero-order valence-electron chi connectivity index (χ0n) is 17.4. The molecule has 0 amide bonds. The summed E-state index contributed by atoms with van der Waals surface area (Å²) in [5.41, 5.74) is 0.402. The SMILES string of the molecule is BC1(B)CCN(C(C)(CCCCCC)CCCCCC)C1(B)B. The van der Waals surface area contributed by atoms with Gasteiger partial charge in [-0.25, -0.2) is 0 Å². The molecular weight excluding hydrogens is 273 g/mol. The van der Waals surface area contributed by atoms with Gasteiger partial charge in [-0.3, -0.25) is 0 Å². The highest BCUT2D eigenvalue weighted by atomic mass is 15.3. The largest absolute Gasteiger partial charge is 0.309 e. The molecule has 23 heavy (non-hydrogen) atoms. The van der Waals surface area contributed by atoms with Crippen LogP contribution in [0.4, 0.5) is 0 Å². The predicted octanol–water partition coefficient (Wildman–Crippen LogP) is 1.69. The van der Waals surface area contributed by atoms with Gasteiger partial charge in [-0.2, -0.15) is 0 Å². The van der Waals surface area contributed by atoms with E-state index in [1.165, 1.54) is 77.2 Å². The van der Waals surface area contributed by atoms with Gasteiger partial charge in [0.25, 0.3) is 0 Å². The van der Waals surface area contributed by atoms with Crippen molar-refractivity contribution in [1.29, 1.82) is 0 Å². The molecule has 1 aliphatic rings. The minimum atomic E-state index is 0.317. The summed E-state index contributed by atoms with van der Waals surface area (Å²) in [4.78, 5) is 2.90. The quantitative estimate of drug-likeness (QED) is 0.414. The van der Waals surface area contributed by atoms with E-state index in [2.05, 4.69) is 57.1 Å². The summed E-state index contributed by atoms with van der Waals surface area (Å²) in [5, 5.41) is 0.748. The van der Waals surface area contributed by atoms with Crippen molar-refractivity contribution in [2.45, 2.75) is 107 Å². The van der Waals surface area contributed by atoms with Crippen molar-refractivity contribution < 1.29 is 0 Å². The molecule has 1 aliphatic heterocycles. The van der Waals surface area contributed by atoms with Gasteiger partial charge < -0.3 is 4.90 Å². The van der Waals surface area contributed by atoms with Crippen LogP contribution in [0.3, 0.4) is 0 Å². The fourth-order valence-corrected chi connectivity index (χ4v) is 4.55. The molecule has 0 unspecified atom stereocenters. The number of rotatable bonds is 11. The van der Waals surface area contributed by atoms with Crippen LogP contribution in [0.1, 0.15) is 91.4 Å². The number of nitrogens with zero attached hydrogens (tertiary/aromatic N) is 1. The second kappa shape index (κ2) is 9.07. The van der Waals surface area contributed by atoms with Gasteiger partial charge in [-0.1, -0.05) is 70.4 Å². The zero-order chi connectivity index (χ0) is 17.6. The van der Waals surface area contributed by atoms with E-state index in [0.29, 0.717) is 16.1 Å². The lowest BCUT2D eigenvalue weighted by Gasteiger charge is -2.52. The normalized spacial score (nSPS) is 20.8. The van der Waals surface area contributed by atoms with Crippen LogP contribution >= 0.6 is 0 Å². The molecule has 0 aromatic rings. The van der Waals surface area contributed by atoms with Crippen molar-refractivity contribution in [3.63, 3.8) is 0 Å². The summed E-state index contributed by atoms with van der Waals surface area (Å²) in [7, 11) is 9.94. The van der Waals surface area contributed by atoms with Crippen LogP contribution in [-0.2, 0) is 0 Å². The van der Waals surface area contributed by atoms with Crippen molar-refractivity contribution in [3.05, 3.63) is 0 Å². The highest BCUT2D eigenvalue weighted by Crippen LogP contribution is 2.48. The van der Waals surface area contributed by atoms with E-state index in [1.54, 1.807) is 0 Å². The first-order valence-corrected chi connectivity index (χ1v) is 10.5. The monoisotopic (exact) mass is 315 g/mol. The molecule has 1 fully saturated rings. The maximum absolute atomic E-state index is 2.90. The Morgan fingerprint density at radius 2 is 1.30 bits per heavy atom. The highest BCUT2D eigenvalue weighted by molar-refractivity contribution is 6.54. The second-order valence-electron chi connectivity index (χ2n) is 9.46. The first-order chi connectivity index (χ1) is 10.7. The van der Waals surface area contributed by atoms with Crippen LogP contribution in [0, 0.1) is 0 Å². The maximum Gasteiger partial charge on any atom is 0.116 e. The molecule has 0 spiro atoms. The standard InChI is InChI=1S/C18H41B4N/c1-4-6-8-10-12-16(3,13-11-9-7-5-2)23-15-14-17(19,20)18(23,21)22/h4-15,19-22H2,1-3H3. The molecule has 0 aromatic heterocycles. The average molecular weight is 315 g/mol. The molecule has 0 bridgehead atoms. The molecule has 0 saturated carbocycles. The average Bonchev–Trinajstić information content (AvgIpc) is 2.69. The van der Waals surface area contributed by atoms with E-state index in [0.717, 1.165) is 0 Å². The summed E-state index contributed by atoms with van der Waals surface area (Å²) < 4.78 is 0. The zero-order valence-corrected chi connectivity index (χ0v) is 17.4. The molecule has 0 aliphatic carbocycles. The Morgan fingerprint density at radius 1 is 0.826 bits per heavy atom. The van der Waals surface area contributed by atoms with E-state index >= 15 is 0 Å². The van der Waals surface area contributed by atoms with E-state index < -0.39 is 0 Å². The van der Waals surface area contributed by atoms with Gasteiger partial charge in [0.2, 0.25) is 0 Å². The summed E-state index contributed by atoms with van der Waals surface area (Å²) in [5.74, 6) is 0. The molecule has 1 rings (SSSR count). The minimum absolute atomic E-state index is 0.317. The molecular formula is C18H41B4N. The van der Waals surface area contributed by atoms with Crippen LogP contribution in [-0.4, -0.2) is 53.7 Å². The Balaban J connectivity index is 2.77. The molecule has 130 valence electrons. The fraction of sp³-hybridized carbons (Fsp3) is 1.00. The van der Waals surface area contributed by atoms with Crippen LogP contribution in [0.15, 0.2) is 0 Å². The van der Waals surface area contributed by atoms with Gasteiger partial charge in [0.1, 0.15) is 15.7 Å². The number of hydrogen-bond acceptors (Lipinski definition) is 1. The van der Waals surface area contributed by atoms with Crippen molar-refractivity contribution in [1.82, 2.24) is 4.90 Å². The topological polar surface area (TPSA) is 3.24 Å². The van der Waals surface area contributed by atoms with Crippen LogP contribution in [0.2, 0.25) is 5.21 Å². The summed E-state index contributed by atoms with van der Waals surface area (Å²) in [6.45, 7) is 8.50. The molecule has 0 radical (unpaired) electrons. The predicted molar refractivity (Wildman–Crippen MR) is 117 cm³/mol. The number of hydrogen-bond donors (Lipinski definition) is 0. The number of unbranched alkanes of at least 4 members (excludes halogenated alkanes) is 6. The molecule has 0 atom stereocenters. The van der Waals surface area contributed by atoms with Gasteiger partial charge in [0.05, 0.1) is 15.7 Å². The van der Waals surface area contributed by atoms with E-state index in [1.807, 2.05) is 0 Å². The first-order valence-electron chi connectivity index (χ1n) is 10.5. The minimum Gasteiger partial charge on any atom is -0.309 e. The summed E-state index contributed by atoms with van der Waals surface area (Å²) >= 11 is 0. The first kappa shape index (κ1) is 21.3. The van der Waals surface area contributed by atoms with Crippen molar-refractivity contribution >= 4 is 31.4 Å². The Morgan fingerprint density at radius 3 is 1.65 bits per heavy atom. The molecule has 5 heteroatoms. The molecule has 0 aromatic carbocycles. The maximum atomic E-state index is 2.90. The Hall–Kier alpha value is 0.220. The van der Waals surface area contributed by atoms with Crippen molar-refractivity contribution in [2.75, 3.05) is 6.54 Å². The Kier molecular flexibility index (Phi) is 8.38. The van der Waals surface area contributed by atoms with Crippen molar-refractivity contribution in [2.24, 2.45) is 0 Å². The van der Waals surface area contributed by atoms with E-state index in [4.69, 9.17) is 0 Å². The van der Waals surface area contributed by atoms with Crippen molar-refractivity contribution in [3.8, 4) is 0 Å². The molecule has 0 N–H and O–H groups in total. The van der Waals surface area contributed by atoms with Gasteiger partial charge in [0, 0.05) is 5.54 Å². The van der Waals surface area contributed by atoms with Gasteiger partial charge in [-0.15, -0.1) is 0 Å². The lowest BCUT2D eigenvalue weighted by molar-refractivity contribution is 0.0775. The van der Waals surface area contributed by atoms with Crippen LogP contribution < -0.4 is 0 Å². The molecule has 1 saturated heterocycles. The third kappa shape index (κ3) is 5.35. The van der Waals surface area contributed by atoms with E-state index in [9.17, 15) is 0 Å². The molecule has 1 nitrogen and oxygen atoms in total. The third-order valence-corrected chi connectivity index (χ3v) is 7.08. The van der Waals surface area contributed by atoms with E-state index in [-0.39, 0.29) is 0 Å². The smallest absolute Gasteiger partial charge is 0.116 e. The Bertz CT molecular complexity index is 332. The Labute approximate surface area is 150 Å².